The lowest BCUT2D eigenvalue weighted by Gasteiger charge is -2.25. The van der Waals surface area contributed by atoms with E-state index in [9.17, 15) is 9.59 Å². The number of carbonyl (C=O) groups excluding carboxylic acids is 1. The highest BCUT2D eigenvalue weighted by molar-refractivity contribution is 7.07. The van der Waals surface area contributed by atoms with Crippen LogP contribution in [0, 0.1) is 0 Å². The molecule has 0 spiro atoms. The number of furan rings is 1. The van der Waals surface area contributed by atoms with Crippen molar-refractivity contribution < 1.29 is 23.4 Å². The monoisotopic (exact) mass is 553 g/mol. The lowest BCUT2D eigenvalue weighted by molar-refractivity contribution is -0.139. The third-order valence-electron chi connectivity index (χ3n) is 6.34. The maximum atomic E-state index is 13.9. The third-order valence-corrected chi connectivity index (χ3v) is 7.33. The molecule has 39 heavy (non-hydrogen) atoms. The van der Waals surface area contributed by atoms with Crippen molar-refractivity contribution >= 4 is 29.3 Å². The number of allylic oxidation sites excluding steroid dienone is 1. The predicted octanol–water partition coefficient (Wildman–Crippen LogP) is 4.03. The number of methoxy groups -OCH3 is 1. The molecule has 0 aliphatic carbocycles. The molecule has 3 heterocycles. The molecule has 208 valence electrons. The number of fused-ring (bicyclic) bond motifs is 1. The summed E-state index contributed by atoms with van der Waals surface area (Å²) >= 11 is 1.25. The van der Waals surface area contributed by atoms with Crippen LogP contribution in [-0.4, -0.2) is 43.4 Å². The number of rotatable bonds is 10. The molecule has 0 fully saturated rings. The molecule has 0 saturated carbocycles. The third kappa shape index (κ3) is 5.66. The number of anilines is 1. The predicted molar refractivity (Wildman–Crippen MR) is 151 cm³/mol. The molecule has 0 N–H and O–H groups in total. The van der Waals surface area contributed by atoms with Crippen LogP contribution in [0.15, 0.2) is 55.8 Å². The van der Waals surface area contributed by atoms with Gasteiger partial charge in [-0.05, 0) is 65.3 Å². The van der Waals surface area contributed by atoms with Crippen molar-refractivity contribution in [1.82, 2.24) is 4.57 Å². The summed E-state index contributed by atoms with van der Waals surface area (Å²) in [4.78, 5) is 34.2. The number of hydrogen-bond acceptors (Lipinski definition) is 9. The van der Waals surface area contributed by atoms with Gasteiger partial charge in [-0.15, -0.1) is 0 Å². The summed E-state index contributed by atoms with van der Waals surface area (Å²) in [6.07, 6.45) is 1.67. The van der Waals surface area contributed by atoms with E-state index in [4.69, 9.17) is 18.6 Å². The van der Waals surface area contributed by atoms with Crippen LogP contribution in [-0.2, 0) is 9.53 Å². The van der Waals surface area contributed by atoms with Crippen LogP contribution in [0.4, 0.5) is 5.88 Å². The number of esters is 1. The van der Waals surface area contributed by atoms with Gasteiger partial charge in [0.2, 0.25) is 0 Å². The van der Waals surface area contributed by atoms with Gasteiger partial charge in [0.25, 0.3) is 5.56 Å². The Kier molecular flexibility index (Phi) is 8.64. The van der Waals surface area contributed by atoms with Crippen LogP contribution in [0.25, 0.3) is 6.08 Å². The van der Waals surface area contributed by atoms with Crippen molar-refractivity contribution in [3.8, 4) is 11.5 Å². The Morgan fingerprint density at radius 1 is 1.18 bits per heavy atom. The zero-order valence-corrected chi connectivity index (χ0v) is 24.3. The molecular formula is C29H35N3O6S. The average molecular weight is 554 g/mol. The molecule has 0 saturated heterocycles. The van der Waals surface area contributed by atoms with Crippen molar-refractivity contribution in [2.45, 2.75) is 53.7 Å². The second-order valence-corrected chi connectivity index (χ2v) is 10.2. The summed E-state index contributed by atoms with van der Waals surface area (Å²) in [5.41, 5.74) is 1.20. The maximum Gasteiger partial charge on any atom is 0.338 e. The highest BCUT2D eigenvalue weighted by Gasteiger charge is 2.34. The van der Waals surface area contributed by atoms with Crippen LogP contribution in [0.1, 0.15) is 58.9 Å². The summed E-state index contributed by atoms with van der Waals surface area (Å²) < 4.78 is 24.9. The molecule has 2 aromatic heterocycles. The van der Waals surface area contributed by atoms with Gasteiger partial charge in [0, 0.05) is 25.2 Å². The van der Waals surface area contributed by atoms with Crippen LogP contribution in [0.2, 0.25) is 0 Å². The minimum absolute atomic E-state index is 0.0523. The second kappa shape index (κ2) is 11.9. The Bertz CT molecular complexity index is 1560. The van der Waals surface area contributed by atoms with Gasteiger partial charge in [-0.25, -0.2) is 9.79 Å². The smallest absolute Gasteiger partial charge is 0.338 e. The van der Waals surface area contributed by atoms with E-state index in [-0.39, 0.29) is 18.3 Å². The summed E-state index contributed by atoms with van der Waals surface area (Å²) in [7, 11) is 1.56. The molecule has 0 unspecified atom stereocenters. The molecule has 1 aliphatic rings. The molecule has 1 aromatic carbocycles. The minimum atomic E-state index is -0.757. The van der Waals surface area contributed by atoms with Gasteiger partial charge in [-0.2, -0.15) is 0 Å². The molecule has 1 atom stereocenters. The van der Waals surface area contributed by atoms with E-state index in [1.165, 1.54) is 11.3 Å². The van der Waals surface area contributed by atoms with Crippen molar-refractivity contribution in [3.05, 3.63) is 72.6 Å². The van der Waals surface area contributed by atoms with E-state index >= 15 is 0 Å². The lowest BCUT2D eigenvalue weighted by atomic mass is 9.95. The first-order valence-electron chi connectivity index (χ1n) is 13.1. The molecular weight excluding hydrogens is 518 g/mol. The SMILES string of the molecule is CCOC(=O)C1=C(C)N=c2s/c(=C\c3ccc(N(CC)CC)o3)c(=O)n2[C@@H]1c1ccc(OC(C)C)c(OC)c1. The van der Waals surface area contributed by atoms with Crippen LogP contribution in [0.3, 0.4) is 0 Å². The zero-order chi connectivity index (χ0) is 28.3. The fourth-order valence-electron chi connectivity index (χ4n) is 4.57. The standard InChI is InChI=1S/C29H35N3O6S/c1-8-31(9-2)24-14-12-20(38-24)16-23-27(33)32-26(19-11-13-21(37-17(4)5)22(15-19)35-7)25(28(34)36-10-3)18(6)30-29(32)39-23/h11-17,26H,8-10H2,1-7H3/b23-16-/t26-/m1/s1. The first-order valence-corrected chi connectivity index (χ1v) is 13.9. The summed E-state index contributed by atoms with van der Waals surface area (Å²) in [6, 6.07) is 8.40. The summed E-state index contributed by atoms with van der Waals surface area (Å²) in [6.45, 7) is 13.3. The topological polar surface area (TPSA) is 95.5 Å². The minimum Gasteiger partial charge on any atom is -0.493 e. The quantitative estimate of drug-likeness (QED) is 0.350. The largest absolute Gasteiger partial charge is 0.493 e. The Morgan fingerprint density at radius 3 is 2.56 bits per heavy atom. The highest BCUT2D eigenvalue weighted by atomic mass is 32.1. The Balaban J connectivity index is 1.89. The number of hydrogen-bond donors (Lipinski definition) is 0. The number of nitrogens with zero attached hydrogens (tertiary/aromatic N) is 3. The van der Waals surface area contributed by atoms with Crippen LogP contribution < -0.4 is 29.3 Å². The van der Waals surface area contributed by atoms with Crippen molar-refractivity contribution in [2.75, 3.05) is 31.7 Å². The number of thiazole rings is 1. The summed E-state index contributed by atoms with van der Waals surface area (Å²) in [5, 5.41) is 0. The van der Waals surface area contributed by atoms with E-state index in [0.29, 0.717) is 43.4 Å². The van der Waals surface area contributed by atoms with Crippen LogP contribution >= 0.6 is 11.3 Å². The molecule has 9 nitrogen and oxygen atoms in total. The van der Waals surface area contributed by atoms with E-state index < -0.39 is 12.0 Å². The Morgan fingerprint density at radius 2 is 1.92 bits per heavy atom. The van der Waals surface area contributed by atoms with Crippen molar-refractivity contribution in [2.24, 2.45) is 4.99 Å². The van der Waals surface area contributed by atoms with Gasteiger partial charge in [-0.1, -0.05) is 17.4 Å². The summed E-state index contributed by atoms with van der Waals surface area (Å²) in [5.74, 6) is 1.86. The highest BCUT2D eigenvalue weighted by Crippen LogP contribution is 2.36. The number of ether oxygens (including phenoxy) is 3. The van der Waals surface area contributed by atoms with E-state index in [1.807, 2.05) is 32.0 Å². The fraction of sp³-hybridized carbons (Fsp3) is 0.414. The normalized spacial score (nSPS) is 15.3. The van der Waals surface area contributed by atoms with Crippen LogP contribution in [0.5, 0.6) is 11.5 Å². The van der Waals surface area contributed by atoms with E-state index in [1.54, 1.807) is 43.7 Å². The van der Waals surface area contributed by atoms with Crippen molar-refractivity contribution in [1.29, 1.82) is 0 Å². The molecule has 1 aliphatic heterocycles. The van der Waals surface area contributed by atoms with Gasteiger partial charge in [0.1, 0.15) is 5.76 Å². The fourth-order valence-corrected chi connectivity index (χ4v) is 5.59. The van der Waals surface area contributed by atoms with Crippen molar-refractivity contribution in [3.63, 3.8) is 0 Å². The average Bonchev–Trinajstić information content (AvgIpc) is 3.48. The van der Waals surface area contributed by atoms with Gasteiger partial charge in [-0.3, -0.25) is 9.36 Å². The molecule has 0 radical (unpaired) electrons. The molecule has 0 amide bonds. The van der Waals surface area contributed by atoms with Gasteiger partial charge < -0.3 is 23.5 Å². The first-order chi connectivity index (χ1) is 18.7. The molecule has 0 bridgehead atoms. The maximum absolute atomic E-state index is 13.9. The lowest BCUT2D eigenvalue weighted by Crippen LogP contribution is -2.40. The molecule has 3 aromatic rings. The van der Waals surface area contributed by atoms with E-state index in [0.717, 1.165) is 19.0 Å². The first kappa shape index (κ1) is 28.2. The van der Waals surface area contributed by atoms with E-state index in [2.05, 4.69) is 23.7 Å². The molecule has 10 heteroatoms. The van der Waals surface area contributed by atoms with Gasteiger partial charge in [0.05, 0.1) is 41.7 Å². The Hall–Kier alpha value is -3.79. The zero-order valence-electron chi connectivity index (χ0n) is 23.4. The second-order valence-electron chi connectivity index (χ2n) is 9.23. The number of carbonyl (C=O) groups is 1. The molecule has 4 rings (SSSR count). The number of benzene rings is 1. The van der Waals surface area contributed by atoms with Gasteiger partial charge >= 0.3 is 5.97 Å². The van der Waals surface area contributed by atoms with Gasteiger partial charge in [0.15, 0.2) is 22.2 Å². The Labute approximate surface area is 231 Å². The number of aromatic nitrogens is 1.